The predicted octanol–water partition coefficient (Wildman–Crippen LogP) is -2.57. The quantitative estimate of drug-likeness (QED) is 0.425. The molecule has 16 heavy (non-hydrogen) atoms. The van der Waals surface area contributed by atoms with Gasteiger partial charge in [-0.05, 0) is 6.42 Å². The molecule has 7 heteroatoms. The zero-order valence-corrected chi connectivity index (χ0v) is 12.6. The molecule has 0 unspecified atom stereocenters. The fourth-order valence-corrected chi connectivity index (χ4v) is 1.30. The van der Waals surface area contributed by atoms with Crippen LogP contribution >= 0.6 is 0 Å². The van der Waals surface area contributed by atoms with Crippen molar-refractivity contribution in [1.29, 1.82) is 0 Å². The summed E-state index contributed by atoms with van der Waals surface area (Å²) in [6, 6.07) is 0. The molecule has 0 bridgehead atoms. The Balaban J connectivity index is 0. The van der Waals surface area contributed by atoms with Crippen LogP contribution in [0.2, 0.25) is 0 Å². The minimum atomic E-state index is -1.95. The van der Waals surface area contributed by atoms with E-state index in [9.17, 15) is 9.59 Å². The van der Waals surface area contributed by atoms with Gasteiger partial charge in [0.2, 0.25) is 5.41 Å². The Kier molecular flexibility index (Phi) is 7.27. The molecular weight excluding hydrogens is 243 g/mol. The number of hydrogen-bond donors (Lipinski definition) is 2. The summed E-state index contributed by atoms with van der Waals surface area (Å²) < 4.78 is 10.1. The van der Waals surface area contributed by atoms with Crippen molar-refractivity contribution in [1.82, 2.24) is 0 Å². The van der Waals surface area contributed by atoms with Crippen LogP contribution in [-0.4, -0.2) is 41.7 Å². The number of hydrogen-bond acceptors (Lipinski definition) is 4. The Morgan fingerprint density at radius 2 is 1.75 bits per heavy atom. The van der Waals surface area contributed by atoms with Gasteiger partial charge in [-0.2, -0.15) is 0 Å². The van der Waals surface area contributed by atoms with Gasteiger partial charge in [0, 0.05) is 0 Å². The molecule has 1 aliphatic rings. The Labute approximate surface area is 137 Å². The van der Waals surface area contributed by atoms with Crippen LogP contribution in [0.15, 0.2) is 0 Å². The largest absolute Gasteiger partial charge is 1.00 e. The zero-order chi connectivity index (χ0) is 11.5. The molecule has 0 aromatic heterocycles. The van der Waals surface area contributed by atoms with Crippen molar-refractivity contribution < 1.29 is 82.1 Å². The van der Waals surface area contributed by atoms with Crippen molar-refractivity contribution in [2.75, 3.05) is 13.2 Å². The fourth-order valence-electron chi connectivity index (χ4n) is 1.30. The zero-order valence-electron chi connectivity index (χ0n) is 10.4. The molecule has 0 radical (unpaired) electrons. The summed E-state index contributed by atoms with van der Waals surface area (Å²) in [5, 5.41) is 17.7. The number of aliphatic carboxylic acids is 2. The molecule has 0 saturated carbocycles. The third-order valence-corrected chi connectivity index (χ3v) is 2.37. The smallest absolute Gasteiger partial charge is 1.00 e. The first kappa shape index (κ1) is 16.5. The molecule has 1 saturated heterocycles. The first-order valence-corrected chi connectivity index (χ1v) is 4.73. The van der Waals surface area contributed by atoms with Crippen molar-refractivity contribution in [3.05, 3.63) is 0 Å². The van der Waals surface area contributed by atoms with Crippen molar-refractivity contribution in [3.63, 3.8) is 0 Å². The molecule has 1 aliphatic heterocycles. The van der Waals surface area contributed by atoms with Crippen LogP contribution in [0.4, 0.5) is 0 Å². The summed E-state index contributed by atoms with van der Waals surface area (Å²) in [5.41, 5.74) is -1.95. The third kappa shape index (κ3) is 3.49. The van der Waals surface area contributed by atoms with Gasteiger partial charge in [-0.15, -0.1) is 0 Å². The standard InChI is InChI=1S/C9H14O6.K.H/c1-2-3-6-14-4-9(5-15-6,7(10)11)8(12)13;;/h6H,2-5H2,1H3,(H,10,11)(H,12,13);;/q;+1;-1. The Morgan fingerprint density at radius 3 is 2.06 bits per heavy atom. The minimum absolute atomic E-state index is 0. The van der Waals surface area contributed by atoms with Crippen LogP contribution in [0.3, 0.4) is 0 Å². The Morgan fingerprint density at radius 1 is 1.31 bits per heavy atom. The molecule has 88 valence electrons. The van der Waals surface area contributed by atoms with Crippen molar-refractivity contribution in [3.8, 4) is 0 Å². The predicted molar refractivity (Wildman–Crippen MR) is 49.4 cm³/mol. The van der Waals surface area contributed by atoms with E-state index in [-0.39, 0.29) is 66.0 Å². The van der Waals surface area contributed by atoms with Gasteiger partial charge in [0.05, 0.1) is 13.2 Å². The van der Waals surface area contributed by atoms with E-state index in [2.05, 4.69) is 0 Å². The van der Waals surface area contributed by atoms with E-state index in [0.29, 0.717) is 6.42 Å². The second kappa shape index (κ2) is 7.05. The Bertz CT molecular complexity index is 248. The maximum absolute atomic E-state index is 10.8. The molecule has 1 rings (SSSR count). The molecular formula is C9H15KO6. The summed E-state index contributed by atoms with van der Waals surface area (Å²) in [5.74, 6) is -2.85. The molecule has 1 heterocycles. The molecule has 0 aliphatic carbocycles. The summed E-state index contributed by atoms with van der Waals surface area (Å²) in [6.07, 6.45) is 0.981. The maximum Gasteiger partial charge on any atom is 1.00 e. The normalized spacial score (nSPS) is 19.8. The van der Waals surface area contributed by atoms with E-state index in [1.807, 2.05) is 6.92 Å². The van der Waals surface area contributed by atoms with Crippen molar-refractivity contribution >= 4 is 11.9 Å². The topological polar surface area (TPSA) is 93.1 Å². The van der Waals surface area contributed by atoms with Crippen molar-refractivity contribution in [2.45, 2.75) is 26.1 Å². The number of carbonyl (C=O) groups is 2. The van der Waals surface area contributed by atoms with E-state index in [0.717, 1.165) is 6.42 Å². The van der Waals surface area contributed by atoms with Crippen molar-refractivity contribution in [2.24, 2.45) is 5.41 Å². The molecule has 0 atom stereocenters. The number of ether oxygens (including phenoxy) is 2. The van der Waals surface area contributed by atoms with Crippen LogP contribution in [-0.2, 0) is 19.1 Å². The summed E-state index contributed by atoms with van der Waals surface area (Å²) in [7, 11) is 0. The molecule has 2 N–H and O–H groups in total. The first-order chi connectivity index (χ1) is 7.03. The van der Waals surface area contributed by atoms with E-state index in [1.165, 1.54) is 0 Å². The van der Waals surface area contributed by atoms with Crippen LogP contribution < -0.4 is 51.4 Å². The molecule has 0 aromatic carbocycles. The number of carboxylic acid groups (broad SMARTS) is 2. The average molecular weight is 258 g/mol. The van der Waals surface area contributed by atoms with Gasteiger partial charge in [-0.25, -0.2) is 0 Å². The second-order valence-corrected chi connectivity index (χ2v) is 3.53. The van der Waals surface area contributed by atoms with Gasteiger partial charge in [0.25, 0.3) is 0 Å². The Hall–Kier alpha value is 0.496. The monoisotopic (exact) mass is 258 g/mol. The van der Waals surface area contributed by atoms with E-state index in [1.54, 1.807) is 0 Å². The summed E-state index contributed by atoms with van der Waals surface area (Å²) in [4.78, 5) is 21.7. The van der Waals surface area contributed by atoms with Crippen LogP contribution in [0.25, 0.3) is 0 Å². The van der Waals surface area contributed by atoms with Gasteiger partial charge < -0.3 is 21.1 Å². The third-order valence-electron chi connectivity index (χ3n) is 2.37. The van der Waals surface area contributed by atoms with Gasteiger partial charge in [-0.3, -0.25) is 9.59 Å². The van der Waals surface area contributed by atoms with E-state index in [4.69, 9.17) is 19.7 Å². The second-order valence-electron chi connectivity index (χ2n) is 3.53. The van der Waals surface area contributed by atoms with Crippen LogP contribution in [0.5, 0.6) is 0 Å². The summed E-state index contributed by atoms with van der Waals surface area (Å²) >= 11 is 0. The maximum atomic E-state index is 10.8. The first-order valence-electron chi connectivity index (χ1n) is 4.73. The molecule has 6 nitrogen and oxygen atoms in total. The molecule has 0 amide bonds. The van der Waals surface area contributed by atoms with Crippen LogP contribution in [0.1, 0.15) is 21.2 Å². The minimum Gasteiger partial charge on any atom is -1.00 e. The van der Waals surface area contributed by atoms with Gasteiger partial charge in [-0.1, -0.05) is 13.3 Å². The van der Waals surface area contributed by atoms with Gasteiger partial charge >= 0.3 is 63.3 Å². The van der Waals surface area contributed by atoms with Crippen LogP contribution in [0, 0.1) is 5.41 Å². The molecule has 0 spiro atoms. The molecule has 1 fully saturated rings. The van der Waals surface area contributed by atoms with E-state index < -0.39 is 23.6 Å². The number of rotatable bonds is 4. The van der Waals surface area contributed by atoms with E-state index >= 15 is 0 Å². The summed E-state index contributed by atoms with van der Waals surface area (Å²) in [6.45, 7) is 1.24. The SMILES string of the molecule is CCCC1OCC(C(=O)O)(C(=O)O)CO1.[H-].[K+]. The van der Waals surface area contributed by atoms with Gasteiger partial charge in [0.15, 0.2) is 6.29 Å². The molecule has 0 aromatic rings. The fraction of sp³-hybridized carbons (Fsp3) is 0.778. The number of carboxylic acids is 2. The average Bonchev–Trinajstić information content (AvgIpc) is 2.18. The van der Waals surface area contributed by atoms with Gasteiger partial charge in [0.1, 0.15) is 0 Å².